The maximum Gasteiger partial charge on any atom is 0.410 e. The molecule has 1 saturated heterocycles. The summed E-state index contributed by atoms with van der Waals surface area (Å²) in [4.78, 5) is 36.7. The van der Waals surface area contributed by atoms with Crippen molar-refractivity contribution in [1.29, 1.82) is 0 Å². The Morgan fingerprint density at radius 1 is 1.20 bits per heavy atom. The molecule has 6 nitrogen and oxygen atoms in total. The summed E-state index contributed by atoms with van der Waals surface area (Å²) >= 11 is 0. The van der Waals surface area contributed by atoms with Crippen LogP contribution in [0.2, 0.25) is 0 Å². The molecule has 112 valence electrons. The van der Waals surface area contributed by atoms with Crippen molar-refractivity contribution in [1.82, 2.24) is 4.90 Å². The van der Waals surface area contributed by atoms with Crippen molar-refractivity contribution < 1.29 is 24.2 Å². The first-order valence-corrected chi connectivity index (χ1v) is 6.92. The second-order valence-electron chi connectivity index (χ2n) is 6.69. The van der Waals surface area contributed by atoms with Gasteiger partial charge in [0.1, 0.15) is 11.4 Å². The predicted octanol–water partition coefficient (Wildman–Crippen LogP) is 1.53. The normalized spacial score (nSPS) is 30.1. The molecule has 20 heavy (non-hydrogen) atoms. The van der Waals surface area contributed by atoms with Crippen LogP contribution in [0.1, 0.15) is 33.6 Å². The van der Waals surface area contributed by atoms with E-state index in [-0.39, 0.29) is 30.7 Å². The zero-order valence-electron chi connectivity index (χ0n) is 12.1. The molecule has 0 aromatic carbocycles. The van der Waals surface area contributed by atoms with E-state index >= 15 is 0 Å². The third-order valence-electron chi connectivity index (χ3n) is 3.83. The lowest BCUT2D eigenvalue weighted by Crippen LogP contribution is -2.54. The van der Waals surface area contributed by atoms with Crippen LogP contribution in [0, 0.1) is 17.8 Å². The zero-order valence-corrected chi connectivity index (χ0v) is 12.1. The Morgan fingerprint density at radius 2 is 1.70 bits per heavy atom. The summed E-state index contributed by atoms with van der Waals surface area (Å²) in [6, 6.07) is 0. The summed E-state index contributed by atoms with van der Waals surface area (Å²) in [7, 11) is 0. The van der Waals surface area contributed by atoms with E-state index in [1.807, 2.05) is 0 Å². The fourth-order valence-corrected chi connectivity index (χ4v) is 2.96. The van der Waals surface area contributed by atoms with Crippen molar-refractivity contribution >= 4 is 17.8 Å². The Bertz CT molecular complexity index is 421. The first-order valence-electron chi connectivity index (χ1n) is 6.92. The number of ketones is 1. The summed E-state index contributed by atoms with van der Waals surface area (Å²) in [5.41, 5.74) is -0.572. The van der Waals surface area contributed by atoms with Crippen LogP contribution in [0.15, 0.2) is 0 Å². The second-order valence-corrected chi connectivity index (χ2v) is 6.69. The molecular formula is C14H21NO5. The smallest absolute Gasteiger partial charge is 0.410 e. The molecule has 1 saturated carbocycles. The van der Waals surface area contributed by atoms with Crippen LogP contribution < -0.4 is 0 Å². The van der Waals surface area contributed by atoms with Crippen molar-refractivity contribution in [2.24, 2.45) is 17.8 Å². The van der Waals surface area contributed by atoms with E-state index in [1.54, 1.807) is 25.7 Å². The average molecular weight is 283 g/mol. The molecule has 2 atom stereocenters. The van der Waals surface area contributed by atoms with Gasteiger partial charge in [-0.15, -0.1) is 0 Å². The number of amides is 1. The van der Waals surface area contributed by atoms with Gasteiger partial charge in [-0.3, -0.25) is 9.59 Å². The van der Waals surface area contributed by atoms with Gasteiger partial charge < -0.3 is 14.7 Å². The minimum Gasteiger partial charge on any atom is -0.481 e. The van der Waals surface area contributed by atoms with Crippen LogP contribution in [0.4, 0.5) is 4.79 Å². The van der Waals surface area contributed by atoms with Gasteiger partial charge in [-0.05, 0) is 33.6 Å². The van der Waals surface area contributed by atoms with Gasteiger partial charge in [0.2, 0.25) is 0 Å². The maximum absolute atomic E-state index is 12.1. The van der Waals surface area contributed by atoms with Gasteiger partial charge in [-0.25, -0.2) is 4.79 Å². The number of ether oxygens (including phenoxy) is 1. The number of Topliss-reactive ketones (excluding diaryl/α,β-unsaturated/α-hetero) is 1. The largest absolute Gasteiger partial charge is 0.481 e. The third-order valence-corrected chi connectivity index (χ3v) is 3.83. The Labute approximate surface area is 118 Å². The number of hydrogen-bond donors (Lipinski definition) is 1. The van der Waals surface area contributed by atoms with E-state index in [2.05, 4.69) is 0 Å². The molecule has 0 radical (unpaired) electrons. The number of carbonyl (C=O) groups is 3. The molecule has 0 unspecified atom stereocenters. The molecule has 1 amide bonds. The second kappa shape index (κ2) is 5.07. The number of carboxylic acids is 1. The van der Waals surface area contributed by atoms with Crippen LogP contribution in [-0.2, 0) is 14.3 Å². The summed E-state index contributed by atoms with van der Waals surface area (Å²) in [6.45, 7) is 5.92. The molecular weight excluding hydrogens is 262 g/mol. The molecule has 0 aromatic rings. The summed E-state index contributed by atoms with van der Waals surface area (Å²) in [5.74, 6) is -1.95. The van der Waals surface area contributed by atoms with Crippen molar-refractivity contribution in [2.75, 3.05) is 13.1 Å². The van der Waals surface area contributed by atoms with E-state index in [0.717, 1.165) is 0 Å². The fourth-order valence-electron chi connectivity index (χ4n) is 2.96. The molecule has 2 aliphatic rings. The number of fused-ring (bicyclic) bond motifs is 2. The topological polar surface area (TPSA) is 83.9 Å². The zero-order chi connectivity index (χ0) is 15.1. The van der Waals surface area contributed by atoms with Crippen LogP contribution in [-0.4, -0.2) is 46.5 Å². The Balaban J connectivity index is 2.05. The average Bonchev–Trinajstić information content (AvgIpc) is 2.25. The lowest BCUT2D eigenvalue weighted by Gasteiger charge is -2.42. The van der Waals surface area contributed by atoms with Gasteiger partial charge in [0.05, 0.1) is 5.92 Å². The molecule has 2 bridgehead atoms. The Hall–Kier alpha value is -1.59. The summed E-state index contributed by atoms with van der Waals surface area (Å²) < 4.78 is 5.31. The van der Waals surface area contributed by atoms with Crippen molar-refractivity contribution in [3.63, 3.8) is 0 Å². The van der Waals surface area contributed by atoms with E-state index in [0.29, 0.717) is 12.8 Å². The highest BCUT2D eigenvalue weighted by Gasteiger charge is 2.45. The minimum absolute atomic E-state index is 0.0994. The van der Waals surface area contributed by atoms with E-state index in [4.69, 9.17) is 9.84 Å². The number of carbonyl (C=O) groups excluding carboxylic acids is 2. The fraction of sp³-hybridized carbons (Fsp3) is 0.786. The van der Waals surface area contributed by atoms with E-state index in [9.17, 15) is 14.4 Å². The van der Waals surface area contributed by atoms with Crippen molar-refractivity contribution in [3.05, 3.63) is 0 Å². The third kappa shape index (κ3) is 3.11. The molecule has 0 aromatic heterocycles. The van der Waals surface area contributed by atoms with Crippen LogP contribution in [0.5, 0.6) is 0 Å². The van der Waals surface area contributed by atoms with Crippen molar-refractivity contribution in [3.8, 4) is 0 Å². The molecule has 1 aliphatic carbocycles. The highest BCUT2D eigenvalue weighted by atomic mass is 16.6. The molecule has 1 N–H and O–H groups in total. The first kappa shape index (κ1) is 14.8. The number of hydrogen-bond acceptors (Lipinski definition) is 4. The van der Waals surface area contributed by atoms with Gasteiger partial charge >= 0.3 is 12.1 Å². The van der Waals surface area contributed by atoms with E-state index < -0.39 is 23.6 Å². The van der Waals surface area contributed by atoms with Crippen LogP contribution in [0.25, 0.3) is 0 Å². The highest BCUT2D eigenvalue weighted by molar-refractivity contribution is 5.88. The predicted molar refractivity (Wildman–Crippen MR) is 70.2 cm³/mol. The van der Waals surface area contributed by atoms with Gasteiger partial charge in [0.25, 0.3) is 0 Å². The number of rotatable bonds is 1. The van der Waals surface area contributed by atoms with Crippen LogP contribution >= 0.6 is 0 Å². The molecule has 1 aliphatic heterocycles. The Morgan fingerprint density at radius 3 is 2.10 bits per heavy atom. The number of piperidine rings is 1. The number of likely N-dealkylation sites (tertiary alicyclic amines) is 1. The maximum atomic E-state index is 12.1. The summed E-state index contributed by atoms with van der Waals surface area (Å²) in [6.07, 6.45) is 0.224. The van der Waals surface area contributed by atoms with Gasteiger partial charge in [-0.2, -0.15) is 0 Å². The first-order chi connectivity index (χ1) is 9.17. The molecule has 1 heterocycles. The molecule has 2 fully saturated rings. The van der Waals surface area contributed by atoms with E-state index in [1.165, 1.54) is 0 Å². The number of aliphatic carboxylic acids is 1. The lowest BCUT2D eigenvalue weighted by atomic mass is 9.71. The lowest BCUT2D eigenvalue weighted by molar-refractivity contribution is -0.148. The monoisotopic (exact) mass is 283 g/mol. The Kier molecular flexibility index (Phi) is 3.75. The van der Waals surface area contributed by atoms with Gasteiger partial charge in [-0.1, -0.05) is 0 Å². The quantitative estimate of drug-likeness (QED) is 0.789. The van der Waals surface area contributed by atoms with Gasteiger partial charge in [0, 0.05) is 24.9 Å². The minimum atomic E-state index is -0.849. The molecule has 2 rings (SSSR count). The summed E-state index contributed by atoms with van der Waals surface area (Å²) in [5, 5.41) is 9.09. The highest BCUT2D eigenvalue weighted by Crippen LogP contribution is 2.36. The van der Waals surface area contributed by atoms with Gasteiger partial charge in [0.15, 0.2) is 0 Å². The number of carboxylic acid groups (broad SMARTS) is 1. The van der Waals surface area contributed by atoms with Crippen molar-refractivity contribution in [2.45, 2.75) is 39.2 Å². The standard InChI is InChI=1S/C14H21NO5/c1-14(2,3)20-13(19)15-6-9-4-8(12(17)18)5-10(7-15)11(9)16/h8-10H,4-7H2,1-3H3,(H,17,18)/t9-,10-/m0/s1. The van der Waals surface area contributed by atoms with Crippen LogP contribution in [0.3, 0.4) is 0 Å². The number of nitrogens with zero attached hydrogens (tertiary/aromatic N) is 1. The SMILES string of the molecule is CC(C)(C)OC(=O)N1C[C@@H]2CC(C(=O)O)C[C@@H](C1)C2=O. The molecule has 6 heteroatoms. The molecule has 0 spiro atoms.